The summed E-state index contributed by atoms with van der Waals surface area (Å²) >= 11 is 1.77. The van der Waals surface area contributed by atoms with Crippen LogP contribution in [0.2, 0.25) is 0 Å². The molecule has 2 aliphatic rings. The lowest BCUT2D eigenvalue weighted by Gasteiger charge is -2.42. The molecule has 1 aromatic carbocycles. The number of allylic oxidation sites excluding steroid dienone is 4. The lowest BCUT2D eigenvalue weighted by molar-refractivity contribution is 0.245. The first kappa shape index (κ1) is 17.2. The third-order valence-corrected chi connectivity index (χ3v) is 6.38. The van der Waals surface area contributed by atoms with Crippen LogP contribution in [-0.4, -0.2) is 23.2 Å². The van der Waals surface area contributed by atoms with Gasteiger partial charge in [0.1, 0.15) is 0 Å². The van der Waals surface area contributed by atoms with Crippen LogP contribution in [0.15, 0.2) is 62.9 Å². The highest BCUT2D eigenvalue weighted by molar-refractivity contribution is 8.03. The van der Waals surface area contributed by atoms with Gasteiger partial charge in [-0.15, -0.1) is 11.8 Å². The molecular weight excluding hydrogens is 312 g/mol. The lowest BCUT2D eigenvalue weighted by Crippen LogP contribution is -2.42. The van der Waals surface area contributed by atoms with Gasteiger partial charge in [0.05, 0.1) is 22.6 Å². The van der Waals surface area contributed by atoms with Gasteiger partial charge in [-0.25, -0.2) is 4.99 Å². The first-order valence-corrected chi connectivity index (χ1v) is 9.92. The molecule has 0 bridgehead atoms. The Bertz CT molecular complexity index is 742. The van der Waals surface area contributed by atoms with Crippen molar-refractivity contribution < 1.29 is 0 Å². The number of hydrogen-bond donors (Lipinski definition) is 0. The maximum atomic E-state index is 5.18. The molecule has 0 aromatic heterocycles. The van der Waals surface area contributed by atoms with Gasteiger partial charge in [-0.2, -0.15) is 0 Å². The van der Waals surface area contributed by atoms with Crippen LogP contribution in [0.3, 0.4) is 0 Å². The smallest absolute Gasteiger partial charge is 0.0753 e. The molecule has 0 spiro atoms. The molecule has 24 heavy (non-hydrogen) atoms. The SMILES string of the molecule is CCC1(C)N=C2C(SC)=CC(=Nc3ccccc3)C=C2C(C)C1C. The number of hydrogen-bond acceptors (Lipinski definition) is 3. The average molecular weight is 339 g/mol. The Morgan fingerprint density at radius 3 is 2.50 bits per heavy atom. The van der Waals surface area contributed by atoms with Gasteiger partial charge < -0.3 is 0 Å². The lowest BCUT2D eigenvalue weighted by atomic mass is 9.70. The fourth-order valence-electron chi connectivity index (χ4n) is 3.52. The molecule has 126 valence electrons. The molecule has 0 amide bonds. The van der Waals surface area contributed by atoms with E-state index in [4.69, 9.17) is 9.98 Å². The van der Waals surface area contributed by atoms with E-state index < -0.39 is 0 Å². The summed E-state index contributed by atoms with van der Waals surface area (Å²) in [6.07, 6.45) is 7.62. The summed E-state index contributed by atoms with van der Waals surface area (Å²) in [4.78, 5) is 11.2. The van der Waals surface area contributed by atoms with Crippen molar-refractivity contribution >= 4 is 28.9 Å². The van der Waals surface area contributed by atoms with Gasteiger partial charge in [-0.05, 0) is 61.3 Å². The summed E-state index contributed by atoms with van der Waals surface area (Å²) in [7, 11) is 0. The molecule has 3 heteroatoms. The second-order valence-electron chi connectivity index (χ2n) is 6.93. The van der Waals surface area contributed by atoms with Crippen LogP contribution < -0.4 is 0 Å². The van der Waals surface area contributed by atoms with Crippen molar-refractivity contribution in [1.29, 1.82) is 0 Å². The molecule has 0 N–H and O–H groups in total. The molecule has 3 rings (SSSR count). The van der Waals surface area contributed by atoms with Crippen molar-refractivity contribution in [3.8, 4) is 0 Å². The highest BCUT2D eigenvalue weighted by Crippen LogP contribution is 2.43. The van der Waals surface area contributed by atoms with E-state index >= 15 is 0 Å². The number of thioether (sulfide) groups is 1. The van der Waals surface area contributed by atoms with Crippen molar-refractivity contribution in [2.75, 3.05) is 6.26 Å². The highest BCUT2D eigenvalue weighted by atomic mass is 32.2. The highest BCUT2D eigenvalue weighted by Gasteiger charge is 2.41. The van der Waals surface area contributed by atoms with E-state index in [1.54, 1.807) is 11.8 Å². The molecule has 0 saturated heterocycles. The molecular formula is C21H26N2S. The topological polar surface area (TPSA) is 24.7 Å². The van der Waals surface area contributed by atoms with Crippen molar-refractivity contribution in [2.24, 2.45) is 21.8 Å². The largest absolute Gasteiger partial charge is 0.277 e. The number of rotatable bonds is 3. The van der Waals surface area contributed by atoms with Crippen LogP contribution >= 0.6 is 11.8 Å². The normalized spacial score (nSPS) is 31.2. The second-order valence-corrected chi connectivity index (χ2v) is 7.78. The summed E-state index contributed by atoms with van der Waals surface area (Å²) in [5.41, 5.74) is 4.57. The Balaban J connectivity index is 2.09. The first-order chi connectivity index (χ1) is 11.5. The minimum atomic E-state index is 0.0228. The second kappa shape index (κ2) is 6.72. The van der Waals surface area contributed by atoms with Crippen molar-refractivity contribution in [1.82, 2.24) is 0 Å². The van der Waals surface area contributed by atoms with Crippen LogP contribution in [0.5, 0.6) is 0 Å². The third-order valence-electron chi connectivity index (χ3n) is 5.63. The monoisotopic (exact) mass is 338 g/mol. The summed E-state index contributed by atoms with van der Waals surface area (Å²) in [6.45, 7) is 9.21. The zero-order chi connectivity index (χ0) is 17.3. The predicted molar refractivity (Wildman–Crippen MR) is 108 cm³/mol. The van der Waals surface area contributed by atoms with Gasteiger partial charge in [0.15, 0.2) is 0 Å². The maximum absolute atomic E-state index is 5.18. The molecule has 1 aliphatic heterocycles. The minimum absolute atomic E-state index is 0.0228. The van der Waals surface area contributed by atoms with Crippen LogP contribution in [0, 0.1) is 11.8 Å². The van der Waals surface area contributed by atoms with E-state index in [0.717, 1.165) is 17.8 Å². The molecule has 2 nitrogen and oxygen atoms in total. The van der Waals surface area contributed by atoms with E-state index in [1.807, 2.05) is 30.3 Å². The van der Waals surface area contributed by atoms with Crippen LogP contribution in [0.25, 0.3) is 0 Å². The number of aliphatic imine (C=N–C) groups is 2. The van der Waals surface area contributed by atoms with Crippen LogP contribution in [0.1, 0.15) is 34.1 Å². The number of fused-ring (bicyclic) bond motifs is 1. The van der Waals surface area contributed by atoms with Gasteiger partial charge in [-0.3, -0.25) is 4.99 Å². The van der Waals surface area contributed by atoms with Crippen molar-refractivity contribution in [3.05, 3.63) is 53.0 Å². The van der Waals surface area contributed by atoms with E-state index in [9.17, 15) is 0 Å². The zero-order valence-electron chi connectivity index (χ0n) is 15.2. The van der Waals surface area contributed by atoms with E-state index in [-0.39, 0.29) is 5.54 Å². The third kappa shape index (κ3) is 3.02. The van der Waals surface area contributed by atoms with E-state index in [0.29, 0.717) is 11.8 Å². The maximum Gasteiger partial charge on any atom is 0.0753 e. The molecule has 3 atom stereocenters. The Morgan fingerprint density at radius 1 is 1.17 bits per heavy atom. The molecule has 1 heterocycles. The molecule has 1 aromatic rings. The Kier molecular flexibility index (Phi) is 4.82. The number of para-hydroxylation sites is 1. The summed E-state index contributed by atoms with van der Waals surface area (Å²) < 4.78 is 0. The Labute approximate surface area is 149 Å². The average Bonchev–Trinajstić information content (AvgIpc) is 2.61. The van der Waals surface area contributed by atoms with E-state index in [2.05, 4.69) is 46.1 Å². The van der Waals surface area contributed by atoms with E-state index in [1.165, 1.54) is 16.2 Å². The quantitative estimate of drug-likeness (QED) is 0.635. The van der Waals surface area contributed by atoms with Gasteiger partial charge >= 0.3 is 0 Å². The first-order valence-electron chi connectivity index (χ1n) is 8.70. The zero-order valence-corrected chi connectivity index (χ0v) is 16.0. The molecule has 3 unspecified atom stereocenters. The fourth-order valence-corrected chi connectivity index (χ4v) is 4.11. The van der Waals surface area contributed by atoms with Gasteiger partial charge in [0.2, 0.25) is 0 Å². The molecule has 0 radical (unpaired) electrons. The van der Waals surface area contributed by atoms with Gasteiger partial charge in [0.25, 0.3) is 0 Å². The summed E-state index contributed by atoms with van der Waals surface area (Å²) in [6, 6.07) is 10.2. The van der Waals surface area contributed by atoms with Gasteiger partial charge in [-0.1, -0.05) is 39.0 Å². The standard InChI is InChI=1S/C21H26N2S/c1-6-21(4)15(3)14(2)18-12-17(13-19(24-5)20(18)23-21)22-16-10-8-7-9-11-16/h7-15H,6H2,1-5H3. The molecule has 0 saturated carbocycles. The Hall–Kier alpha value is -1.61. The number of benzene rings is 1. The number of nitrogens with zero attached hydrogens (tertiary/aromatic N) is 2. The summed E-state index contributed by atoms with van der Waals surface area (Å²) in [5, 5.41) is 0. The van der Waals surface area contributed by atoms with Crippen LogP contribution in [0.4, 0.5) is 5.69 Å². The van der Waals surface area contributed by atoms with Crippen LogP contribution in [-0.2, 0) is 0 Å². The fraction of sp³-hybridized carbons (Fsp3) is 0.429. The Morgan fingerprint density at radius 2 is 1.88 bits per heavy atom. The van der Waals surface area contributed by atoms with Crippen molar-refractivity contribution in [3.63, 3.8) is 0 Å². The minimum Gasteiger partial charge on any atom is -0.277 e. The summed E-state index contributed by atoms with van der Waals surface area (Å²) in [5.74, 6) is 1.01. The van der Waals surface area contributed by atoms with Gasteiger partial charge in [0, 0.05) is 4.91 Å². The molecule has 0 fully saturated rings. The predicted octanol–water partition coefficient (Wildman–Crippen LogP) is 5.84. The van der Waals surface area contributed by atoms with Crippen molar-refractivity contribution in [2.45, 2.75) is 39.7 Å². The molecule has 1 aliphatic carbocycles.